The summed E-state index contributed by atoms with van der Waals surface area (Å²) in [4.78, 5) is 19.7. The van der Waals surface area contributed by atoms with Gasteiger partial charge in [-0.15, -0.1) is 0 Å². The molecule has 4 heteroatoms. The molecular weight excluding hydrogens is 512 g/mol. The summed E-state index contributed by atoms with van der Waals surface area (Å²) >= 11 is 0. The van der Waals surface area contributed by atoms with Crippen LogP contribution in [0.2, 0.25) is 0 Å². The van der Waals surface area contributed by atoms with E-state index < -0.39 is 0 Å². The number of aromatic nitrogens is 4. The molecule has 0 saturated heterocycles. The van der Waals surface area contributed by atoms with Gasteiger partial charge >= 0.3 is 0 Å². The Balaban J connectivity index is 1.26. The van der Waals surface area contributed by atoms with Crippen molar-refractivity contribution in [3.05, 3.63) is 146 Å². The second-order valence-corrected chi connectivity index (χ2v) is 10.3. The zero-order valence-corrected chi connectivity index (χ0v) is 22.6. The number of hydrogen-bond acceptors (Lipinski definition) is 4. The van der Waals surface area contributed by atoms with Gasteiger partial charge in [0.15, 0.2) is 5.82 Å². The maximum absolute atomic E-state index is 5.07. The fraction of sp³-hybridized carbons (Fsp3) is 0. The molecule has 0 fully saturated rings. The van der Waals surface area contributed by atoms with Crippen LogP contribution in [0.3, 0.4) is 0 Å². The second kappa shape index (κ2) is 10.0. The lowest BCUT2D eigenvalue weighted by molar-refractivity contribution is 1.23. The Labute approximate surface area is 243 Å². The van der Waals surface area contributed by atoms with Crippen LogP contribution >= 0.6 is 0 Å². The highest BCUT2D eigenvalue weighted by Gasteiger charge is 2.13. The number of benzene rings is 5. The van der Waals surface area contributed by atoms with Crippen molar-refractivity contribution < 1.29 is 0 Å². The topological polar surface area (TPSA) is 51.6 Å². The van der Waals surface area contributed by atoms with E-state index in [-0.39, 0.29) is 0 Å². The predicted octanol–water partition coefficient (Wildman–Crippen LogP) is 9.39. The number of pyridine rings is 2. The van der Waals surface area contributed by atoms with Gasteiger partial charge in [0.1, 0.15) is 0 Å². The Morgan fingerprint density at radius 3 is 1.93 bits per heavy atom. The van der Waals surface area contributed by atoms with E-state index >= 15 is 0 Å². The molecule has 0 N–H and O–H groups in total. The molecule has 0 spiro atoms. The molecule has 0 amide bonds. The summed E-state index contributed by atoms with van der Waals surface area (Å²) in [7, 11) is 0. The van der Waals surface area contributed by atoms with Gasteiger partial charge < -0.3 is 0 Å². The third kappa shape index (κ3) is 4.27. The van der Waals surface area contributed by atoms with Gasteiger partial charge in [-0.3, -0.25) is 4.98 Å². The van der Waals surface area contributed by atoms with Gasteiger partial charge in [0.05, 0.1) is 27.9 Å². The zero-order chi connectivity index (χ0) is 27.9. The molecule has 0 bridgehead atoms. The molecule has 8 rings (SSSR count). The van der Waals surface area contributed by atoms with E-state index in [0.29, 0.717) is 0 Å². The van der Waals surface area contributed by atoms with Crippen molar-refractivity contribution in [1.29, 1.82) is 0 Å². The molecule has 0 aliphatic heterocycles. The first-order valence-electron chi connectivity index (χ1n) is 14.0. The summed E-state index contributed by atoms with van der Waals surface area (Å²) in [6, 6.07) is 47.9. The number of hydrogen-bond donors (Lipinski definition) is 0. The van der Waals surface area contributed by atoms with Crippen molar-refractivity contribution >= 4 is 32.7 Å². The molecule has 0 aliphatic carbocycles. The van der Waals surface area contributed by atoms with E-state index in [9.17, 15) is 0 Å². The minimum atomic E-state index is 0.723. The first kappa shape index (κ1) is 24.1. The molecule has 196 valence electrons. The fourth-order valence-corrected chi connectivity index (χ4v) is 5.58. The summed E-state index contributed by atoms with van der Waals surface area (Å²) in [6.07, 6.45) is 1.83. The van der Waals surface area contributed by atoms with Gasteiger partial charge in [-0.1, -0.05) is 109 Å². The normalized spacial score (nSPS) is 11.3. The van der Waals surface area contributed by atoms with E-state index in [1.54, 1.807) is 0 Å². The fourth-order valence-electron chi connectivity index (χ4n) is 5.58. The third-order valence-electron chi connectivity index (χ3n) is 7.70. The van der Waals surface area contributed by atoms with Crippen molar-refractivity contribution in [3.63, 3.8) is 0 Å². The Kier molecular flexibility index (Phi) is 5.75. The highest BCUT2D eigenvalue weighted by Crippen LogP contribution is 2.34. The van der Waals surface area contributed by atoms with Crippen molar-refractivity contribution in [2.45, 2.75) is 0 Å². The quantitative estimate of drug-likeness (QED) is 0.210. The summed E-state index contributed by atoms with van der Waals surface area (Å²) in [5, 5.41) is 3.19. The van der Waals surface area contributed by atoms with Crippen molar-refractivity contribution in [2.75, 3.05) is 0 Å². The average molecular weight is 537 g/mol. The first-order chi connectivity index (χ1) is 20.8. The van der Waals surface area contributed by atoms with Crippen LogP contribution in [0.1, 0.15) is 0 Å². The van der Waals surface area contributed by atoms with Gasteiger partial charge in [0.25, 0.3) is 0 Å². The Morgan fingerprint density at radius 2 is 1.10 bits per heavy atom. The highest BCUT2D eigenvalue weighted by molar-refractivity contribution is 6.03. The summed E-state index contributed by atoms with van der Waals surface area (Å²) in [5.74, 6) is 0.723. The smallest absolute Gasteiger partial charge is 0.160 e. The molecule has 8 aromatic rings. The maximum atomic E-state index is 5.07. The molecule has 5 aromatic carbocycles. The van der Waals surface area contributed by atoms with E-state index in [0.717, 1.165) is 77.7 Å². The summed E-state index contributed by atoms with van der Waals surface area (Å²) in [6.45, 7) is 0. The number of nitrogens with zero attached hydrogens (tertiary/aromatic N) is 4. The van der Waals surface area contributed by atoms with Crippen molar-refractivity contribution in [2.24, 2.45) is 0 Å². The standard InChI is InChI=1S/C38H24N4/c1-3-9-25(10-4-1)35-32-24-30(19-21-34(32)41-38(42-35)28-11-5-2-6-12-28)29-13-7-14-31(23-29)33-20-18-27-17-16-26-15-8-22-39-36(26)37(27)40-33/h1-24H. The zero-order valence-electron chi connectivity index (χ0n) is 22.6. The molecule has 0 unspecified atom stereocenters. The lowest BCUT2D eigenvalue weighted by Crippen LogP contribution is -1.95. The third-order valence-corrected chi connectivity index (χ3v) is 7.70. The van der Waals surface area contributed by atoms with Crippen LogP contribution in [-0.2, 0) is 0 Å². The van der Waals surface area contributed by atoms with Gasteiger partial charge in [-0.25, -0.2) is 15.0 Å². The molecular formula is C38H24N4. The van der Waals surface area contributed by atoms with Gasteiger partial charge in [0.2, 0.25) is 0 Å². The Hall–Kier alpha value is -5.74. The number of fused-ring (bicyclic) bond motifs is 4. The molecule has 0 saturated carbocycles. The minimum Gasteiger partial charge on any atom is -0.254 e. The second-order valence-electron chi connectivity index (χ2n) is 10.3. The maximum Gasteiger partial charge on any atom is 0.160 e. The molecule has 0 aliphatic rings. The molecule has 0 atom stereocenters. The Morgan fingerprint density at radius 1 is 0.405 bits per heavy atom. The molecule has 4 nitrogen and oxygen atoms in total. The minimum absolute atomic E-state index is 0.723. The predicted molar refractivity (Wildman–Crippen MR) is 172 cm³/mol. The van der Waals surface area contributed by atoms with Crippen LogP contribution in [0.5, 0.6) is 0 Å². The first-order valence-corrected chi connectivity index (χ1v) is 14.0. The van der Waals surface area contributed by atoms with Gasteiger partial charge in [-0.05, 0) is 41.5 Å². The largest absolute Gasteiger partial charge is 0.254 e. The van der Waals surface area contributed by atoms with Crippen LogP contribution in [0.25, 0.3) is 77.7 Å². The SMILES string of the molecule is c1ccc(-c2nc(-c3ccccc3)c3cc(-c4cccc(-c5ccc6ccc7cccnc7c6n5)c4)ccc3n2)cc1. The van der Waals surface area contributed by atoms with Crippen molar-refractivity contribution in [3.8, 4) is 45.0 Å². The van der Waals surface area contributed by atoms with E-state index in [2.05, 4.69) is 102 Å². The van der Waals surface area contributed by atoms with E-state index in [4.69, 9.17) is 15.0 Å². The molecule has 42 heavy (non-hydrogen) atoms. The summed E-state index contributed by atoms with van der Waals surface area (Å²) < 4.78 is 0. The van der Waals surface area contributed by atoms with E-state index in [1.807, 2.05) is 48.7 Å². The van der Waals surface area contributed by atoms with Crippen LogP contribution in [0, 0.1) is 0 Å². The van der Waals surface area contributed by atoms with Crippen LogP contribution < -0.4 is 0 Å². The average Bonchev–Trinajstić information content (AvgIpc) is 3.08. The van der Waals surface area contributed by atoms with Crippen LogP contribution in [0.4, 0.5) is 0 Å². The van der Waals surface area contributed by atoms with Crippen LogP contribution in [-0.4, -0.2) is 19.9 Å². The lowest BCUT2D eigenvalue weighted by Gasteiger charge is -2.12. The highest BCUT2D eigenvalue weighted by atomic mass is 14.9. The van der Waals surface area contributed by atoms with Gasteiger partial charge in [0, 0.05) is 39.0 Å². The number of rotatable bonds is 4. The molecule has 0 radical (unpaired) electrons. The Bertz CT molecular complexity index is 2240. The van der Waals surface area contributed by atoms with Crippen LogP contribution in [0.15, 0.2) is 146 Å². The lowest BCUT2D eigenvalue weighted by atomic mass is 9.98. The molecule has 3 aromatic heterocycles. The van der Waals surface area contributed by atoms with Crippen molar-refractivity contribution in [1.82, 2.24) is 19.9 Å². The van der Waals surface area contributed by atoms with E-state index in [1.165, 1.54) is 0 Å². The monoisotopic (exact) mass is 536 g/mol. The van der Waals surface area contributed by atoms with Gasteiger partial charge in [-0.2, -0.15) is 0 Å². The molecule has 3 heterocycles. The summed E-state index contributed by atoms with van der Waals surface area (Å²) in [5.41, 5.74) is 9.93.